The van der Waals surface area contributed by atoms with E-state index in [-0.39, 0.29) is 11.3 Å². The van der Waals surface area contributed by atoms with Crippen molar-refractivity contribution in [1.29, 1.82) is 0 Å². The number of carboxylic acid groups (broad SMARTS) is 1. The number of hydrogen-bond acceptors (Lipinski definition) is 3. The van der Waals surface area contributed by atoms with Gasteiger partial charge in [0.25, 0.3) is 0 Å². The summed E-state index contributed by atoms with van der Waals surface area (Å²) < 4.78 is 0. The summed E-state index contributed by atoms with van der Waals surface area (Å²) >= 11 is 2.06. The number of phenols is 1. The molecule has 0 heterocycles. The number of aromatic hydroxyl groups is 1. The lowest BCUT2D eigenvalue weighted by atomic mass is 10.2. The second-order valence-electron chi connectivity index (χ2n) is 2.06. The van der Waals surface area contributed by atoms with Crippen molar-refractivity contribution in [2.45, 2.75) is 4.90 Å². The fourth-order valence-corrected chi connectivity index (χ4v) is 1.84. The van der Waals surface area contributed by atoms with Gasteiger partial charge >= 0.3 is 5.97 Å². The third-order valence-corrected chi connectivity index (χ3v) is 3.25. The molecule has 1 rings (SSSR count). The second-order valence-corrected chi connectivity index (χ2v) is 4.01. The van der Waals surface area contributed by atoms with Gasteiger partial charge in [-0.15, -0.1) is 0 Å². The van der Waals surface area contributed by atoms with E-state index in [0.29, 0.717) is 0 Å². The molecule has 1 aromatic carbocycles. The SMILES string of the molecule is O=C(O)c1ccc(SI)cc1O. The average molecular weight is 296 g/mol. The molecular formula is C7H5IO3S. The van der Waals surface area contributed by atoms with E-state index in [1.165, 1.54) is 21.1 Å². The zero-order chi connectivity index (χ0) is 9.14. The lowest BCUT2D eigenvalue weighted by molar-refractivity contribution is 0.0693. The van der Waals surface area contributed by atoms with Crippen molar-refractivity contribution in [2.75, 3.05) is 0 Å². The van der Waals surface area contributed by atoms with Gasteiger partial charge in [-0.25, -0.2) is 4.79 Å². The van der Waals surface area contributed by atoms with Crippen molar-refractivity contribution >= 4 is 36.1 Å². The first kappa shape index (κ1) is 9.66. The van der Waals surface area contributed by atoms with Gasteiger partial charge in [0, 0.05) is 26.1 Å². The van der Waals surface area contributed by atoms with Gasteiger partial charge in [-0.3, -0.25) is 0 Å². The first-order chi connectivity index (χ1) is 5.65. The van der Waals surface area contributed by atoms with Gasteiger partial charge in [-0.1, -0.05) is 8.93 Å². The predicted molar refractivity (Wildman–Crippen MR) is 54.9 cm³/mol. The lowest BCUT2D eigenvalue weighted by Gasteiger charge is -1.99. The van der Waals surface area contributed by atoms with Crippen molar-refractivity contribution < 1.29 is 15.0 Å². The molecule has 12 heavy (non-hydrogen) atoms. The van der Waals surface area contributed by atoms with Gasteiger partial charge in [0.15, 0.2) is 0 Å². The van der Waals surface area contributed by atoms with Crippen LogP contribution in [0.15, 0.2) is 23.1 Å². The normalized spacial score (nSPS) is 9.75. The van der Waals surface area contributed by atoms with Crippen LogP contribution in [0.5, 0.6) is 5.75 Å². The number of rotatable bonds is 2. The van der Waals surface area contributed by atoms with E-state index in [4.69, 9.17) is 5.11 Å². The number of aromatic carboxylic acids is 1. The standard InChI is InChI=1S/C7H5IO3S/c8-12-4-1-2-5(7(10)11)6(9)3-4/h1-3,9H,(H,10,11). The molecule has 0 aliphatic carbocycles. The molecule has 0 saturated carbocycles. The maximum atomic E-state index is 10.5. The van der Waals surface area contributed by atoms with Crippen LogP contribution in [0.1, 0.15) is 10.4 Å². The molecular weight excluding hydrogens is 291 g/mol. The van der Waals surface area contributed by atoms with Gasteiger partial charge in [0.2, 0.25) is 0 Å². The summed E-state index contributed by atoms with van der Waals surface area (Å²) in [6.45, 7) is 0. The number of carboxylic acids is 1. The van der Waals surface area contributed by atoms with Gasteiger partial charge < -0.3 is 10.2 Å². The third-order valence-electron chi connectivity index (χ3n) is 1.29. The summed E-state index contributed by atoms with van der Waals surface area (Å²) in [4.78, 5) is 11.3. The Kier molecular flexibility index (Phi) is 3.21. The molecule has 0 fully saturated rings. The molecule has 0 amide bonds. The zero-order valence-electron chi connectivity index (χ0n) is 5.82. The summed E-state index contributed by atoms with van der Waals surface area (Å²) in [5.74, 6) is -1.30. The molecule has 0 aromatic heterocycles. The average Bonchev–Trinajstić information content (AvgIpc) is 2.03. The largest absolute Gasteiger partial charge is 0.507 e. The zero-order valence-corrected chi connectivity index (χ0v) is 8.79. The van der Waals surface area contributed by atoms with E-state index in [1.54, 1.807) is 6.07 Å². The second kappa shape index (κ2) is 3.99. The van der Waals surface area contributed by atoms with Crippen molar-refractivity contribution in [3.05, 3.63) is 23.8 Å². The molecule has 0 aliphatic heterocycles. The predicted octanol–water partition coefficient (Wildman–Crippen LogP) is 2.53. The summed E-state index contributed by atoms with van der Waals surface area (Å²) in [6, 6.07) is 4.47. The van der Waals surface area contributed by atoms with Crippen LogP contribution in [0, 0.1) is 0 Å². The molecule has 0 atom stereocenters. The smallest absolute Gasteiger partial charge is 0.339 e. The van der Waals surface area contributed by atoms with E-state index in [0.717, 1.165) is 4.90 Å². The minimum absolute atomic E-state index is 0.0656. The maximum absolute atomic E-state index is 10.5. The molecule has 2 N–H and O–H groups in total. The van der Waals surface area contributed by atoms with E-state index < -0.39 is 5.97 Å². The molecule has 1 aromatic rings. The number of benzene rings is 1. The van der Waals surface area contributed by atoms with Crippen LogP contribution in [-0.2, 0) is 0 Å². The minimum Gasteiger partial charge on any atom is -0.507 e. The summed E-state index contributed by atoms with van der Waals surface area (Å²) in [5, 5.41) is 17.8. The summed E-state index contributed by atoms with van der Waals surface area (Å²) in [5.41, 5.74) is -0.0656. The molecule has 64 valence electrons. The lowest BCUT2D eigenvalue weighted by Crippen LogP contribution is -1.95. The van der Waals surface area contributed by atoms with Crippen LogP contribution in [-0.4, -0.2) is 16.2 Å². The van der Waals surface area contributed by atoms with Gasteiger partial charge in [-0.2, -0.15) is 0 Å². The Bertz CT molecular complexity index is 314. The number of halogens is 1. The fraction of sp³-hybridized carbons (Fsp3) is 0. The van der Waals surface area contributed by atoms with E-state index in [9.17, 15) is 9.90 Å². The molecule has 0 aliphatic rings. The van der Waals surface area contributed by atoms with Crippen LogP contribution in [0.3, 0.4) is 0 Å². The topological polar surface area (TPSA) is 57.5 Å². The van der Waals surface area contributed by atoms with Crippen LogP contribution < -0.4 is 0 Å². The van der Waals surface area contributed by atoms with Gasteiger partial charge in [-0.05, 0) is 18.2 Å². The molecule has 5 heteroatoms. The third kappa shape index (κ3) is 2.04. The van der Waals surface area contributed by atoms with Crippen LogP contribution >= 0.6 is 30.1 Å². The van der Waals surface area contributed by atoms with E-state index in [2.05, 4.69) is 21.2 Å². The van der Waals surface area contributed by atoms with Crippen molar-refractivity contribution in [1.82, 2.24) is 0 Å². The van der Waals surface area contributed by atoms with Gasteiger partial charge in [0.1, 0.15) is 11.3 Å². The van der Waals surface area contributed by atoms with E-state index >= 15 is 0 Å². The Morgan fingerprint density at radius 2 is 2.17 bits per heavy atom. The van der Waals surface area contributed by atoms with Crippen LogP contribution in [0.2, 0.25) is 0 Å². The Morgan fingerprint density at radius 3 is 2.58 bits per heavy atom. The van der Waals surface area contributed by atoms with Crippen molar-refractivity contribution in [2.24, 2.45) is 0 Å². The first-order valence-electron chi connectivity index (χ1n) is 3.00. The fourth-order valence-electron chi connectivity index (χ4n) is 0.740. The number of hydrogen-bond donors (Lipinski definition) is 2. The van der Waals surface area contributed by atoms with Gasteiger partial charge in [0.05, 0.1) is 0 Å². The molecule has 0 spiro atoms. The number of carbonyl (C=O) groups is 1. The Labute approximate surface area is 85.4 Å². The molecule has 0 saturated heterocycles. The highest BCUT2D eigenvalue weighted by molar-refractivity contribution is 14.2. The highest BCUT2D eigenvalue weighted by Gasteiger charge is 2.08. The molecule has 0 radical (unpaired) electrons. The Morgan fingerprint density at radius 1 is 1.50 bits per heavy atom. The monoisotopic (exact) mass is 296 g/mol. The highest BCUT2D eigenvalue weighted by atomic mass is 127. The summed E-state index contributed by atoms with van der Waals surface area (Å²) in [6.07, 6.45) is 0. The minimum atomic E-state index is -1.11. The van der Waals surface area contributed by atoms with E-state index in [1.807, 2.05) is 0 Å². The summed E-state index contributed by atoms with van der Waals surface area (Å²) in [7, 11) is 1.42. The highest BCUT2D eigenvalue weighted by Crippen LogP contribution is 2.29. The van der Waals surface area contributed by atoms with Crippen LogP contribution in [0.4, 0.5) is 0 Å². The maximum Gasteiger partial charge on any atom is 0.339 e. The Hall–Kier alpha value is -0.430. The molecule has 3 nitrogen and oxygen atoms in total. The van der Waals surface area contributed by atoms with Crippen LogP contribution in [0.25, 0.3) is 0 Å². The Balaban J connectivity index is 3.12. The van der Waals surface area contributed by atoms with Crippen molar-refractivity contribution in [3.8, 4) is 5.75 Å². The first-order valence-corrected chi connectivity index (χ1v) is 6.36. The van der Waals surface area contributed by atoms with Crippen molar-refractivity contribution in [3.63, 3.8) is 0 Å². The molecule has 0 unspecified atom stereocenters. The molecule has 0 bridgehead atoms. The quantitative estimate of drug-likeness (QED) is 0.823.